The van der Waals surface area contributed by atoms with Crippen molar-refractivity contribution in [2.24, 2.45) is 0 Å². The van der Waals surface area contributed by atoms with Crippen LogP contribution in [0.1, 0.15) is 6.23 Å². The van der Waals surface area contributed by atoms with E-state index in [2.05, 4.69) is 19.7 Å². The quantitative estimate of drug-likeness (QED) is 0.322. The Hall–Kier alpha value is -1.76. The third kappa shape index (κ3) is 3.30. The first-order valence-corrected chi connectivity index (χ1v) is 9.63. The first kappa shape index (κ1) is 18.6. The summed E-state index contributed by atoms with van der Waals surface area (Å²) in [5.41, 5.74) is 5.27. The summed E-state index contributed by atoms with van der Waals surface area (Å²) >= 11 is 1.02. The van der Waals surface area contributed by atoms with Crippen molar-refractivity contribution in [3.05, 3.63) is 10.4 Å². The number of imidazole rings is 1. The number of carbonyl (C=O) groups excluding carboxylic acids is 1. The molecule has 2 saturated heterocycles. The number of nitrogen functional groups attached to an aromatic ring is 1. The molecule has 0 amide bonds. The number of nitrogens with zero attached hydrogens (tertiary/aromatic N) is 3. The van der Waals surface area contributed by atoms with Gasteiger partial charge < -0.3 is 29.4 Å². The number of fused-ring (bicyclic) bond motifs is 2. The third-order valence-corrected chi connectivity index (χ3v) is 5.72. The summed E-state index contributed by atoms with van der Waals surface area (Å²) in [4.78, 5) is 34.5. The number of carbonyl (C=O) groups is 1. The topological polar surface area (TPSA) is 164 Å². The van der Waals surface area contributed by atoms with Crippen molar-refractivity contribution in [1.82, 2.24) is 19.5 Å². The fraction of sp³-hybridized carbons (Fsp3) is 0.538. The van der Waals surface area contributed by atoms with Crippen LogP contribution in [-0.4, -0.2) is 68.4 Å². The van der Waals surface area contributed by atoms with Crippen molar-refractivity contribution in [1.29, 1.82) is 0 Å². The number of aliphatic hydroxyl groups is 1. The number of hydrogen-bond donors (Lipinski definition) is 3. The smallest absolute Gasteiger partial charge is 0.316 e. The molecule has 4 heterocycles. The molecular weight excluding hydrogens is 401 g/mol. The Morgan fingerprint density at radius 2 is 2.37 bits per heavy atom. The van der Waals surface area contributed by atoms with Gasteiger partial charge in [0, 0.05) is 0 Å². The second-order valence-electron chi connectivity index (χ2n) is 5.79. The van der Waals surface area contributed by atoms with Gasteiger partial charge in [-0.1, -0.05) is 11.8 Å². The maximum Gasteiger partial charge on any atom is 0.316 e. The van der Waals surface area contributed by atoms with E-state index < -0.39 is 36.1 Å². The van der Waals surface area contributed by atoms with Crippen molar-refractivity contribution >= 4 is 43.9 Å². The zero-order valence-corrected chi connectivity index (χ0v) is 15.8. The molecule has 146 valence electrons. The van der Waals surface area contributed by atoms with E-state index in [0.717, 1.165) is 11.8 Å². The average molecular weight is 417 g/mol. The van der Waals surface area contributed by atoms with E-state index in [-0.39, 0.29) is 43.7 Å². The largest absolute Gasteiger partial charge is 0.468 e. The van der Waals surface area contributed by atoms with Crippen LogP contribution in [0.5, 0.6) is 0 Å². The molecule has 0 radical (unpaired) electrons. The van der Waals surface area contributed by atoms with Gasteiger partial charge >= 0.3 is 5.97 Å². The van der Waals surface area contributed by atoms with Gasteiger partial charge in [0.25, 0.3) is 5.56 Å². The fourth-order valence-corrected chi connectivity index (χ4v) is 4.47. The Kier molecular flexibility index (Phi) is 5.05. The summed E-state index contributed by atoms with van der Waals surface area (Å²) in [6.07, 6.45) is -3.06. The minimum absolute atomic E-state index is 0.0151. The Balaban J connectivity index is 1.79. The van der Waals surface area contributed by atoms with Crippen LogP contribution in [0.3, 0.4) is 0 Å². The first-order chi connectivity index (χ1) is 13.0. The van der Waals surface area contributed by atoms with Gasteiger partial charge in [-0.05, 0) is 0 Å². The van der Waals surface area contributed by atoms with Crippen molar-refractivity contribution in [2.75, 3.05) is 25.2 Å². The van der Waals surface area contributed by atoms with E-state index in [9.17, 15) is 14.7 Å². The number of thioether (sulfide) groups is 1. The van der Waals surface area contributed by atoms with E-state index in [0.29, 0.717) is 0 Å². The number of hydrogen-bond acceptors (Lipinski definition) is 11. The molecule has 0 aliphatic carbocycles. The van der Waals surface area contributed by atoms with Crippen molar-refractivity contribution in [3.63, 3.8) is 0 Å². The standard InChI is InChI=1S/C13H16N5O7PS/c1-22-5(19)3-27-13-15-6-9(16-12(14)17-10(6)21)18(13)11-7(20)8-4(24-11)2-23-26-25-8/h4,7-8,11,20,26H,2-3H2,1H3,(H3,14,16,17,21). The molecule has 0 saturated carbocycles. The van der Waals surface area contributed by atoms with Gasteiger partial charge in [0.1, 0.15) is 18.3 Å². The maximum atomic E-state index is 12.2. The summed E-state index contributed by atoms with van der Waals surface area (Å²) in [6, 6.07) is 0. The molecular formula is C13H16N5O7PS. The highest BCUT2D eigenvalue weighted by Gasteiger charge is 2.48. The van der Waals surface area contributed by atoms with Gasteiger partial charge in [-0.3, -0.25) is 19.1 Å². The zero-order valence-electron chi connectivity index (χ0n) is 13.9. The zero-order chi connectivity index (χ0) is 19.1. The van der Waals surface area contributed by atoms with Crippen molar-refractivity contribution in [2.45, 2.75) is 29.7 Å². The summed E-state index contributed by atoms with van der Waals surface area (Å²) < 4.78 is 22.7. The Labute approximate surface area is 157 Å². The molecule has 0 aromatic carbocycles. The highest BCUT2D eigenvalue weighted by Crippen LogP contribution is 2.41. The number of H-pyrrole nitrogens is 1. The lowest BCUT2D eigenvalue weighted by atomic mass is 10.1. The Bertz CT molecular complexity index is 936. The van der Waals surface area contributed by atoms with Crippen LogP contribution in [-0.2, 0) is 23.3 Å². The summed E-state index contributed by atoms with van der Waals surface area (Å²) in [5.74, 6) is -0.632. The van der Waals surface area contributed by atoms with E-state index in [4.69, 9.17) is 19.5 Å². The molecule has 2 aromatic heterocycles. The van der Waals surface area contributed by atoms with Gasteiger partial charge in [-0.2, -0.15) is 4.98 Å². The van der Waals surface area contributed by atoms with Crippen LogP contribution in [0.4, 0.5) is 5.95 Å². The molecule has 5 unspecified atom stereocenters. The molecule has 5 atom stereocenters. The lowest BCUT2D eigenvalue weighted by molar-refractivity contribution is -0.137. The minimum atomic E-state index is -1.05. The molecule has 0 bridgehead atoms. The number of aromatic nitrogens is 4. The number of methoxy groups -OCH3 is 1. The fourth-order valence-electron chi connectivity index (χ4n) is 2.91. The number of nitrogens with one attached hydrogen (secondary N) is 1. The van der Waals surface area contributed by atoms with E-state index in [1.165, 1.54) is 11.7 Å². The van der Waals surface area contributed by atoms with Crippen LogP contribution in [0.25, 0.3) is 11.2 Å². The predicted molar refractivity (Wildman–Crippen MR) is 94.4 cm³/mol. The maximum absolute atomic E-state index is 12.2. The van der Waals surface area contributed by atoms with Gasteiger partial charge in [-0.25, -0.2) is 4.98 Å². The number of esters is 1. The second-order valence-corrected chi connectivity index (χ2v) is 7.42. The molecule has 12 nitrogen and oxygen atoms in total. The van der Waals surface area contributed by atoms with Gasteiger partial charge in [0.05, 0.1) is 19.5 Å². The van der Waals surface area contributed by atoms with Gasteiger partial charge in [-0.15, -0.1) is 0 Å². The Morgan fingerprint density at radius 1 is 1.56 bits per heavy atom. The monoisotopic (exact) mass is 417 g/mol. The van der Waals surface area contributed by atoms with Crippen LogP contribution in [0.2, 0.25) is 0 Å². The number of ether oxygens (including phenoxy) is 2. The molecule has 2 aliphatic heterocycles. The highest BCUT2D eigenvalue weighted by molar-refractivity contribution is 7.99. The summed E-state index contributed by atoms with van der Waals surface area (Å²) in [5, 5.41) is 11.0. The molecule has 2 fully saturated rings. The molecule has 4 N–H and O–H groups in total. The average Bonchev–Trinajstić information content (AvgIpc) is 3.17. The highest BCUT2D eigenvalue weighted by atomic mass is 32.2. The first-order valence-electron chi connectivity index (χ1n) is 7.83. The number of nitrogens with two attached hydrogens (primary N) is 1. The number of rotatable bonds is 4. The van der Waals surface area contributed by atoms with Crippen molar-refractivity contribution < 1.29 is 28.4 Å². The molecule has 2 aromatic rings. The molecule has 4 rings (SSSR count). The summed E-state index contributed by atoms with van der Waals surface area (Å²) in [7, 11) is 1.07. The Morgan fingerprint density at radius 3 is 3.11 bits per heavy atom. The predicted octanol–water partition coefficient (Wildman–Crippen LogP) is -0.851. The number of anilines is 1. The van der Waals surface area contributed by atoms with E-state index in [1.54, 1.807) is 0 Å². The van der Waals surface area contributed by atoms with Crippen molar-refractivity contribution in [3.8, 4) is 0 Å². The number of aliphatic hydroxyl groups excluding tert-OH is 1. The summed E-state index contributed by atoms with van der Waals surface area (Å²) in [6.45, 7) is 0.268. The molecule has 0 spiro atoms. The van der Waals surface area contributed by atoms with Gasteiger partial charge in [0.15, 0.2) is 31.6 Å². The second kappa shape index (κ2) is 7.34. The van der Waals surface area contributed by atoms with Crippen LogP contribution >= 0.6 is 20.8 Å². The lowest BCUT2D eigenvalue weighted by Crippen LogP contribution is -2.37. The van der Waals surface area contributed by atoms with Gasteiger partial charge in [0.2, 0.25) is 5.95 Å². The molecule has 14 heteroatoms. The molecule has 2 aliphatic rings. The lowest BCUT2D eigenvalue weighted by Gasteiger charge is -2.24. The molecule has 27 heavy (non-hydrogen) atoms. The van der Waals surface area contributed by atoms with Crippen LogP contribution in [0, 0.1) is 0 Å². The minimum Gasteiger partial charge on any atom is -0.468 e. The number of aromatic amines is 1. The van der Waals surface area contributed by atoms with E-state index in [1.807, 2.05) is 0 Å². The van der Waals surface area contributed by atoms with E-state index >= 15 is 0 Å². The normalized spacial score (nSPS) is 28.5. The SMILES string of the molecule is COC(=O)CSc1nc2c(=O)[nH]c(N)nc2n1C1OC2COPOC2C1O. The third-order valence-electron chi connectivity index (χ3n) is 4.14. The van der Waals surface area contributed by atoms with Crippen LogP contribution in [0.15, 0.2) is 9.95 Å². The van der Waals surface area contributed by atoms with Crippen LogP contribution < -0.4 is 11.3 Å².